The SMILES string of the molecule is Br.CNOC.CON(C)C(=O)CCC1CC1.C[Si](C)(C)N(c1c[c-]ccc1)[Si](C)(C)C.Cc1cc(C(=O)O)n(-c2cccc(C#N)c2)n1.Cl.Nc1cccc(C(=O)CCC2CC2)c1.Nc1cccc(C(O)CCC2CC2)c1.O=C(O)CCC1CC1.[B].[H-].[H-].[Mg+2].[Na+]. The number of aliphatic hydroxyl groups excluding tert-OH is 1. The number of Topliss-reactive ketones (excluding diaryl/α,β-unsaturated/α-hetero) is 1. The molecule has 88 heavy (non-hydrogen) atoms. The van der Waals surface area contributed by atoms with Gasteiger partial charge in [-0.05, 0) is 117 Å². The molecule has 8 N–H and O–H groups in total. The van der Waals surface area contributed by atoms with Crippen molar-refractivity contribution >= 4 is 118 Å². The maximum atomic E-state index is 11.7. The van der Waals surface area contributed by atoms with Gasteiger partial charge in [-0.3, -0.25) is 19.2 Å². The van der Waals surface area contributed by atoms with Gasteiger partial charge < -0.3 is 38.7 Å². The van der Waals surface area contributed by atoms with Crippen molar-refractivity contribution in [3.8, 4) is 11.8 Å². The molecule has 4 fully saturated rings. The van der Waals surface area contributed by atoms with Gasteiger partial charge in [-0.25, -0.2) is 20.0 Å². The number of halogens is 2. The second-order valence-corrected chi connectivity index (χ2v) is 33.6. The van der Waals surface area contributed by atoms with Crippen LogP contribution in [0.15, 0.2) is 103 Å². The van der Waals surface area contributed by atoms with Gasteiger partial charge in [0.2, 0.25) is 5.91 Å². The Morgan fingerprint density at radius 1 is 0.784 bits per heavy atom. The van der Waals surface area contributed by atoms with E-state index in [9.17, 15) is 24.3 Å². The van der Waals surface area contributed by atoms with E-state index in [1.165, 1.54) is 80.0 Å². The number of aryl methyl sites for hydroxylation is 1. The van der Waals surface area contributed by atoms with Crippen LogP contribution in [0, 0.1) is 48.0 Å². The minimum atomic E-state index is -1.29. The minimum Gasteiger partial charge on any atom is -1.00 e. The van der Waals surface area contributed by atoms with Crippen LogP contribution >= 0.6 is 29.4 Å². The number of nitrogens with two attached hydrogens (primary N) is 2. The van der Waals surface area contributed by atoms with E-state index in [0.29, 0.717) is 41.9 Å². The van der Waals surface area contributed by atoms with Crippen LogP contribution in [0.3, 0.4) is 0 Å². The molecule has 9 rings (SSSR count). The average molecular weight is 1350 g/mol. The van der Waals surface area contributed by atoms with E-state index in [2.05, 4.69) is 83.2 Å². The first-order chi connectivity index (χ1) is 39.3. The smallest absolute Gasteiger partial charge is 1.00 e. The summed E-state index contributed by atoms with van der Waals surface area (Å²) in [6.07, 6.45) is 16.8. The van der Waals surface area contributed by atoms with Crippen LogP contribution in [0.2, 0.25) is 39.3 Å². The standard InChI is InChI=1S/C12H9N3O2.C12H17NO.C12H15NO.C12H22NSi2.C8H15NO2.C6H10O2.C2H7NO.B.BrH.ClH.Mg.Na.2H/c1-8-5-11(12(16)17)15(14-8)10-4-2-3-9(6-10)7-13;2*13-11-3-1-2-10(8-11)12(14)7-6-9-4-5-9;1-14(2,3)13(15(4,5)6)12-10-8-7-9-11-12;1-9(11-2)8(10)6-5-7-3-4-7;7-6(8)4-3-5-1-2-5;1-3-4-2;;;;;;;/h2-6H,1H3,(H,16,17);1-3,8-9,12,14H,4-7,13H2;1-3,8-9H,4-7,13H2;7-8,10-11H,1-6H3;7H,3-6H2,1-2H3;5H,1-4H2,(H,7,8);3H,1-2H3;;2*1H;;;;/q;;;-1;;;;;;;+2;+1;2*-1. The third-order valence-corrected chi connectivity index (χ3v) is 21.1. The number of carbonyl (C=O) groups excluding carboxylic acids is 2. The normalized spacial score (nSPS) is 13.5. The predicted octanol–water partition coefficient (Wildman–Crippen LogP) is 10.5. The van der Waals surface area contributed by atoms with Crippen molar-refractivity contribution in [1.29, 1.82) is 5.26 Å². The molecule has 0 aliphatic heterocycles. The number of aromatic carboxylic acids is 1. The summed E-state index contributed by atoms with van der Waals surface area (Å²) in [5, 5.41) is 41.3. The number of nitrogens with zero attached hydrogens (tertiary/aromatic N) is 5. The first-order valence-corrected chi connectivity index (χ1v) is 35.9. The van der Waals surface area contributed by atoms with E-state index in [-0.39, 0.29) is 117 Å². The van der Waals surface area contributed by atoms with Crippen LogP contribution in [0.5, 0.6) is 0 Å². The van der Waals surface area contributed by atoms with E-state index in [1.807, 2.05) is 48.5 Å². The van der Waals surface area contributed by atoms with E-state index < -0.39 is 28.4 Å². The largest absolute Gasteiger partial charge is 2.00 e. The van der Waals surface area contributed by atoms with Gasteiger partial charge in [0.05, 0.1) is 43.3 Å². The summed E-state index contributed by atoms with van der Waals surface area (Å²) in [5.41, 5.74) is 19.9. The quantitative estimate of drug-likeness (QED) is 0.0131. The van der Waals surface area contributed by atoms with Crippen LogP contribution < -0.4 is 50.7 Å². The first kappa shape index (κ1) is 88.1. The number of rotatable bonds is 21. The molecule has 4 aliphatic rings. The van der Waals surface area contributed by atoms with Crippen LogP contribution in [-0.2, 0) is 19.3 Å². The van der Waals surface area contributed by atoms with Gasteiger partial charge in [0.1, 0.15) is 16.5 Å². The monoisotopic (exact) mass is 1350 g/mol. The topological polar surface area (TPSA) is 260 Å². The number of ketones is 1. The number of carboxylic acids is 2. The molecule has 1 amide bonds. The number of carboxylic acid groups (broad SMARTS) is 2. The van der Waals surface area contributed by atoms with Crippen LogP contribution in [0.4, 0.5) is 17.1 Å². The number of amides is 1. The van der Waals surface area contributed by atoms with Crippen molar-refractivity contribution in [1.82, 2.24) is 20.3 Å². The number of nitriles is 1. The van der Waals surface area contributed by atoms with Gasteiger partial charge in [0, 0.05) is 58.7 Å². The third-order valence-electron chi connectivity index (χ3n) is 13.8. The molecule has 17 nitrogen and oxygen atoms in total. The number of aliphatic carboxylic acids is 1. The van der Waals surface area contributed by atoms with Crippen LogP contribution in [0.1, 0.15) is 149 Å². The zero-order valence-electron chi connectivity index (χ0n) is 56.3. The van der Waals surface area contributed by atoms with Gasteiger partial charge in [0.25, 0.3) is 0 Å². The molecule has 24 heteroatoms. The third kappa shape index (κ3) is 37.9. The maximum absolute atomic E-state index is 11.7. The number of benzene rings is 4. The molecule has 4 aromatic carbocycles. The molecular weight excluding hydrogens is 1250 g/mol. The van der Waals surface area contributed by atoms with Crippen molar-refractivity contribution < 1.29 is 76.6 Å². The number of aromatic nitrogens is 2. The Morgan fingerprint density at radius 2 is 1.28 bits per heavy atom. The summed E-state index contributed by atoms with van der Waals surface area (Å²) < 4.78 is 4.02. The Hall–Kier alpha value is -4.07. The number of hydroxylamine groups is 3. The van der Waals surface area contributed by atoms with Crippen molar-refractivity contribution in [2.45, 2.75) is 155 Å². The molecule has 0 saturated heterocycles. The van der Waals surface area contributed by atoms with E-state index >= 15 is 0 Å². The molecule has 1 heterocycles. The molecule has 4 aliphatic carbocycles. The number of hydrogen-bond donors (Lipinski definition) is 6. The molecule has 0 bridgehead atoms. The number of hydrogen-bond acceptors (Lipinski definition) is 13. The fourth-order valence-electron chi connectivity index (χ4n) is 8.92. The van der Waals surface area contributed by atoms with Gasteiger partial charge in [0.15, 0.2) is 11.5 Å². The molecule has 5 aromatic rings. The summed E-state index contributed by atoms with van der Waals surface area (Å²) in [5.74, 6) is 1.88. The van der Waals surface area contributed by atoms with Crippen molar-refractivity contribution in [2.24, 2.45) is 23.7 Å². The zero-order chi connectivity index (χ0) is 61.7. The molecule has 1 atom stereocenters. The van der Waals surface area contributed by atoms with Gasteiger partial charge >= 0.3 is 64.5 Å². The Labute approximate surface area is 587 Å². The van der Waals surface area contributed by atoms with Crippen molar-refractivity contribution in [3.05, 3.63) is 137 Å². The fourth-order valence-corrected chi connectivity index (χ4v) is 18.8. The first-order valence-electron chi connectivity index (χ1n) is 29.0. The molecule has 3 radical (unpaired) electrons. The summed E-state index contributed by atoms with van der Waals surface area (Å²) in [6, 6.07) is 36.5. The number of nitrogens with one attached hydrogen (secondary N) is 1. The second-order valence-electron chi connectivity index (χ2n) is 23.6. The Balaban J connectivity index is -0.000000315. The Morgan fingerprint density at radius 3 is 1.73 bits per heavy atom. The minimum absolute atomic E-state index is 0. The predicted molar refractivity (Wildman–Crippen MR) is 368 cm³/mol. The molecule has 0 spiro atoms. The number of carbonyl (C=O) groups is 4. The van der Waals surface area contributed by atoms with Crippen LogP contribution in [-0.4, -0.2) is 130 Å². The summed E-state index contributed by atoms with van der Waals surface area (Å²) in [4.78, 5) is 52.8. The van der Waals surface area contributed by atoms with Gasteiger partial charge in [-0.15, -0.1) is 29.4 Å². The van der Waals surface area contributed by atoms with Gasteiger partial charge in [-0.1, -0.05) is 127 Å². The molecule has 1 aromatic heterocycles. The van der Waals surface area contributed by atoms with Gasteiger partial charge in [-0.2, -0.15) is 40.7 Å². The Bertz CT molecular complexity index is 2820. The summed E-state index contributed by atoms with van der Waals surface area (Å²) >= 11 is 0. The molecular formula is C64H99BBrClMgN8NaO9Si2. The fraction of sp³-hybridized carbons (Fsp3) is 0.500. The van der Waals surface area contributed by atoms with E-state index in [0.717, 1.165) is 72.6 Å². The van der Waals surface area contributed by atoms with Crippen molar-refractivity contribution in [2.75, 3.05) is 44.0 Å². The van der Waals surface area contributed by atoms with E-state index in [1.54, 1.807) is 64.5 Å². The number of anilines is 3. The second kappa shape index (κ2) is 46.1. The van der Waals surface area contributed by atoms with Crippen LogP contribution in [0.25, 0.3) is 5.69 Å². The summed E-state index contributed by atoms with van der Waals surface area (Å²) in [6.45, 7) is 16.2. The van der Waals surface area contributed by atoms with Crippen molar-refractivity contribution in [3.63, 3.8) is 0 Å². The molecule has 477 valence electrons. The maximum Gasteiger partial charge on any atom is 2.00 e. The number of nitrogen functional groups attached to an aromatic ring is 2. The zero-order valence-corrected chi connectivity index (χ0v) is 62.2. The number of aliphatic hydroxyl groups is 1. The van der Waals surface area contributed by atoms with E-state index in [4.69, 9.17) is 31.8 Å². The molecule has 4 saturated carbocycles. The summed E-state index contributed by atoms with van der Waals surface area (Å²) in [7, 11) is 3.86. The average Bonchev–Trinajstić information content (AvgIpc) is 1.88. The molecule has 1 unspecified atom stereocenters. The Kier molecular flexibility index (Phi) is 46.1.